The normalized spacial score (nSPS) is 16.7. The van der Waals surface area contributed by atoms with Crippen molar-refractivity contribution in [2.45, 2.75) is 104 Å². The summed E-state index contributed by atoms with van der Waals surface area (Å²) in [7, 11) is 0. The van der Waals surface area contributed by atoms with Crippen LogP contribution in [0.4, 0.5) is 13.6 Å². The quantitative estimate of drug-likeness (QED) is 0.322. The number of carbonyl (C=O) groups excluding carboxylic acids is 3. The van der Waals surface area contributed by atoms with Gasteiger partial charge in [-0.15, -0.1) is 0 Å². The van der Waals surface area contributed by atoms with E-state index in [1.165, 1.54) is 11.0 Å². The lowest BCUT2D eigenvalue weighted by atomic mass is 9.90. The first kappa shape index (κ1) is 35.0. The largest absolute Gasteiger partial charge is 0.444 e. The lowest BCUT2D eigenvalue weighted by molar-refractivity contribution is -0.0243. The van der Waals surface area contributed by atoms with Crippen LogP contribution in [0.2, 0.25) is 0 Å². The van der Waals surface area contributed by atoms with Crippen molar-refractivity contribution in [2.75, 3.05) is 19.6 Å². The highest BCUT2D eigenvalue weighted by atomic mass is 19.1. The number of aliphatic hydroxyl groups is 1. The van der Waals surface area contributed by atoms with Crippen molar-refractivity contribution >= 4 is 17.9 Å². The van der Waals surface area contributed by atoms with Gasteiger partial charge in [0.15, 0.2) is 0 Å². The van der Waals surface area contributed by atoms with Crippen molar-refractivity contribution < 1.29 is 33.0 Å². The molecule has 10 heteroatoms. The molecule has 1 heterocycles. The lowest BCUT2D eigenvalue weighted by Crippen LogP contribution is -2.58. The Balaban J connectivity index is 1.95. The SMILES string of the molecule is CCCN(CCC)C(=O)c1cc(C)cc(C(=O)N[C@@H](Cc2cc(F)cc(F)c2)C(O)C2CCCCN2C(=O)OC(C)(C)C)c1. The molecule has 2 unspecified atom stereocenters. The minimum atomic E-state index is -1.28. The van der Waals surface area contributed by atoms with Gasteiger partial charge in [-0.1, -0.05) is 13.8 Å². The highest BCUT2D eigenvalue weighted by molar-refractivity contribution is 6.00. The summed E-state index contributed by atoms with van der Waals surface area (Å²) in [5, 5.41) is 14.6. The number of aryl methyl sites for hydroxylation is 1. The Kier molecular flexibility index (Phi) is 12.3. The molecule has 242 valence electrons. The number of benzene rings is 2. The third-order valence-corrected chi connectivity index (χ3v) is 7.54. The highest BCUT2D eigenvalue weighted by Gasteiger charge is 2.39. The zero-order valence-electron chi connectivity index (χ0n) is 26.8. The molecule has 3 rings (SSSR count). The van der Waals surface area contributed by atoms with E-state index < -0.39 is 47.4 Å². The molecule has 0 aliphatic carbocycles. The number of rotatable bonds is 11. The van der Waals surface area contributed by atoms with Crippen LogP contribution in [0.25, 0.3) is 0 Å². The van der Waals surface area contributed by atoms with Gasteiger partial charge in [0.25, 0.3) is 11.8 Å². The highest BCUT2D eigenvalue weighted by Crippen LogP contribution is 2.26. The molecule has 3 amide bonds. The number of likely N-dealkylation sites (tertiary alicyclic amines) is 1. The average molecular weight is 616 g/mol. The van der Waals surface area contributed by atoms with Crippen LogP contribution in [-0.4, -0.2) is 76.2 Å². The van der Waals surface area contributed by atoms with E-state index in [4.69, 9.17) is 4.74 Å². The van der Waals surface area contributed by atoms with E-state index in [9.17, 15) is 28.3 Å². The number of amides is 3. The fourth-order valence-electron chi connectivity index (χ4n) is 5.69. The minimum Gasteiger partial charge on any atom is -0.444 e. The zero-order chi connectivity index (χ0) is 32.6. The Morgan fingerprint density at radius 3 is 2.20 bits per heavy atom. The first-order chi connectivity index (χ1) is 20.7. The molecule has 0 spiro atoms. The van der Waals surface area contributed by atoms with E-state index in [1.54, 1.807) is 44.7 Å². The van der Waals surface area contributed by atoms with E-state index in [-0.39, 0.29) is 23.5 Å². The van der Waals surface area contributed by atoms with Crippen LogP contribution >= 0.6 is 0 Å². The summed E-state index contributed by atoms with van der Waals surface area (Å²) in [6.45, 7) is 12.6. The van der Waals surface area contributed by atoms with Crippen molar-refractivity contribution in [2.24, 2.45) is 0 Å². The predicted molar refractivity (Wildman–Crippen MR) is 166 cm³/mol. The summed E-state index contributed by atoms with van der Waals surface area (Å²) in [4.78, 5) is 43.4. The van der Waals surface area contributed by atoms with E-state index in [0.29, 0.717) is 37.2 Å². The second-order valence-electron chi connectivity index (χ2n) is 12.7. The molecule has 0 aromatic heterocycles. The molecule has 0 bridgehead atoms. The Morgan fingerprint density at radius 1 is 1.00 bits per heavy atom. The fourth-order valence-corrected chi connectivity index (χ4v) is 5.69. The summed E-state index contributed by atoms with van der Waals surface area (Å²) in [5.41, 5.74) is 0.797. The van der Waals surface area contributed by atoms with Crippen molar-refractivity contribution in [3.05, 3.63) is 70.3 Å². The second kappa shape index (κ2) is 15.5. The molecule has 1 saturated heterocycles. The average Bonchev–Trinajstić information content (AvgIpc) is 2.94. The molecule has 0 saturated carbocycles. The Morgan fingerprint density at radius 2 is 1.61 bits per heavy atom. The topological polar surface area (TPSA) is 99.2 Å². The molecule has 0 radical (unpaired) electrons. The van der Waals surface area contributed by atoms with Gasteiger partial charge in [-0.25, -0.2) is 13.6 Å². The fraction of sp³-hybridized carbons (Fsp3) is 0.559. The van der Waals surface area contributed by atoms with E-state index in [2.05, 4.69) is 5.32 Å². The molecule has 2 N–H and O–H groups in total. The van der Waals surface area contributed by atoms with Crippen LogP contribution in [0.1, 0.15) is 98.6 Å². The van der Waals surface area contributed by atoms with Crippen LogP contribution in [-0.2, 0) is 11.2 Å². The molecule has 44 heavy (non-hydrogen) atoms. The van der Waals surface area contributed by atoms with Crippen LogP contribution in [0.5, 0.6) is 0 Å². The second-order valence-corrected chi connectivity index (χ2v) is 12.7. The number of hydrogen-bond donors (Lipinski definition) is 2. The number of piperidine rings is 1. The molecule has 1 aliphatic heterocycles. The summed E-state index contributed by atoms with van der Waals surface area (Å²) < 4.78 is 33.9. The predicted octanol–water partition coefficient (Wildman–Crippen LogP) is 6.03. The Bertz CT molecular complexity index is 1290. The van der Waals surface area contributed by atoms with Crippen LogP contribution < -0.4 is 5.32 Å². The van der Waals surface area contributed by atoms with Crippen molar-refractivity contribution in [3.63, 3.8) is 0 Å². The van der Waals surface area contributed by atoms with Gasteiger partial charge in [-0.05, 0) is 108 Å². The maximum Gasteiger partial charge on any atom is 0.410 e. The van der Waals surface area contributed by atoms with Gasteiger partial charge in [-0.2, -0.15) is 0 Å². The first-order valence-corrected chi connectivity index (χ1v) is 15.6. The number of aliphatic hydroxyl groups excluding tert-OH is 1. The van der Waals surface area contributed by atoms with Gasteiger partial charge in [0.05, 0.1) is 18.2 Å². The number of halogens is 2. The molecule has 1 fully saturated rings. The minimum absolute atomic E-state index is 0.0986. The van der Waals surface area contributed by atoms with Crippen molar-refractivity contribution in [1.29, 1.82) is 0 Å². The Labute approximate surface area is 259 Å². The van der Waals surface area contributed by atoms with Gasteiger partial charge < -0.3 is 25.0 Å². The summed E-state index contributed by atoms with van der Waals surface area (Å²) in [6.07, 6.45) is 1.56. The molecule has 2 aromatic carbocycles. The molecule has 2 aromatic rings. The monoisotopic (exact) mass is 615 g/mol. The van der Waals surface area contributed by atoms with Crippen LogP contribution in [0, 0.1) is 18.6 Å². The van der Waals surface area contributed by atoms with Crippen LogP contribution in [0.15, 0.2) is 36.4 Å². The van der Waals surface area contributed by atoms with Gasteiger partial charge in [-0.3, -0.25) is 9.59 Å². The number of ether oxygens (including phenoxy) is 1. The summed E-state index contributed by atoms with van der Waals surface area (Å²) in [5.74, 6) is -2.29. The van der Waals surface area contributed by atoms with Gasteiger partial charge in [0.2, 0.25) is 0 Å². The summed E-state index contributed by atoms with van der Waals surface area (Å²) in [6, 6.07) is 6.25. The van der Waals surface area contributed by atoms with Crippen molar-refractivity contribution in [1.82, 2.24) is 15.1 Å². The van der Waals surface area contributed by atoms with E-state index >= 15 is 0 Å². The zero-order valence-corrected chi connectivity index (χ0v) is 26.8. The van der Waals surface area contributed by atoms with Crippen molar-refractivity contribution in [3.8, 4) is 0 Å². The van der Waals surface area contributed by atoms with E-state index in [0.717, 1.165) is 43.9 Å². The number of nitrogens with one attached hydrogen (secondary N) is 1. The maximum absolute atomic E-state index is 14.1. The summed E-state index contributed by atoms with van der Waals surface area (Å²) >= 11 is 0. The molecular weight excluding hydrogens is 568 g/mol. The molecular formula is C34H47F2N3O5. The maximum atomic E-state index is 14.1. The third kappa shape index (κ3) is 9.74. The number of hydrogen-bond acceptors (Lipinski definition) is 5. The third-order valence-electron chi connectivity index (χ3n) is 7.54. The Hall–Kier alpha value is -3.53. The molecule has 3 atom stereocenters. The van der Waals surface area contributed by atoms with Gasteiger partial charge >= 0.3 is 6.09 Å². The van der Waals surface area contributed by atoms with E-state index in [1.807, 2.05) is 13.8 Å². The standard InChI is InChI=1S/C34H47F2N3O5/c1-7-12-38(13-8-2)32(42)25-16-22(3)15-24(20-25)31(41)37-28(19-23-17-26(35)21-27(36)18-23)30(40)29-11-9-10-14-39(29)33(43)44-34(4,5)6/h15-18,20-21,28-30,40H,7-14,19H2,1-6H3,(H,37,41)/t28-,29?,30?/m0/s1. The number of carbonyl (C=O) groups is 3. The smallest absolute Gasteiger partial charge is 0.410 e. The lowest BCUT2D eigenvalue weighted by Gasteiger charge is -2.41. The van der Waals surface area contributed by atoms with Gasteiger partial charge in [0, 0.05) is 36.8 Å². The first-order valence-electron chi connectivity index (χ1n) is 15.6. The van der Waals surface area contributed by atoms with Crippen LogP contribution in [0.3, 0.4) is 0 Å². The molecule has 8 nitrogen and oxygen atoms in total. The molecule has 1 aliphatic rings. The van der Waals surface area contributed by atoms with Gasteiger partial charge in [0.1, 0.15) is 17.2 Å². The number of nitrogens with zero attached hydrogens (tertiary/aromatic N) is 2.